The van der Waals surface area contributed by atoms with E-state index in [1.165, 1.54) is 15.9 Å². The quantitative estimate of drug-likeness (QED) is 0.173. The molecule has 0 aliphatic carbocycles. The Morgan fingerprint density at radius 1 is 1.05 bits per heavy atom. The molecular formula is C28H30F3N3O5. The number of imide groups is 1. The maximum absolute atomic E-state index is 13.8. The lowest BCUT2D eigenvalue weighted by molar-refractivity contribution is -0.136. The summed E-state index contributed by atoms with van der Waals surface area (Å²) in [5, 5.41) is -0.148. The molecule has 1 aliphatic rings. The third-order valence-electron chi connectivity index (χ3n) is 6.49. The van der Waals surface area contributed by atoms with Gasteiger partial charge >= 0.3 is 17.8 Å². The number of unbranched alkanes of at least 4 members (excludes halogenated alkanes) is 1. The summed E-state index contributed by atoms with van der Waals surface area (Å²) in [5.74, 6) is 0.528. The number of pyridine rings is 1. The molecule has 3 amide bonds. The summed E-state index contributed by atoms with van der Waals surface area (Å²) < 4.78 is 52.7. The molecule has 0 spiro atoms. The van der Waals surface area contributed by atoms with Crippen molar-refractivity contribution in [2.45, 2.75) is 58.5 Å². The van der Waals surface area contributed by atoms with Gasteiger partial charge in [0.05, 0.1) is 12.2 Å². The molecule has 0 saturated carbocycles. The molecule has 1 saturated heterocycles. The van der Waals surface area contributed by atoms with Gasteiger partial charge in [0.15, 0.2) is 0 Å². The number of urea groups is 1. The molecule has 1 aromatic carbocycles. The van der Waals surface area contributed by atoms with E-state index in [4.69, 9.17) is 9.15 Å². The molecule has 1 fully saturated rings. The molecule has 39 heavy (non-hydrogen) atoms. The summed E-state index contributed by atoms with van der Waals surface area (Å²) in [7, 11) is 0. The molecule has 11 heteroatoms. The summed E-state index contributed by atoms with van der Waals surface area (Å²) in [6, 6.07) is 6.59. The van der Waals surface area contributed by atoms with Crippen LogP contribution in [0.3, 0.4) is 0 Å². The van der Waals surface area contributed by atoms with Crippen LogP contribution in [0, 0.1) is 0 Å². The highest BCUT2D eigenvalue weighted by atomic mass is 19.4. The topological polar surface area (TPSA) is 92.9 Å². The number of benzene rings is 1. The molecule has 1 aliphatic heterocycles. The van der Waals surface area contributed by atoms with Crippen LogP contribution in [0.4, 0.5) is 23.8 Å². The molecular weight excluding hydrogens is 515 g/mol. The first-order valence-corrected chi connectivity index (χ1v) is 13.0. The van der Waals surface area contributed by atoms with E-state index in [0.717, 1.165) is 0 Å². The third kappa shape index (κ3) is 6.07. The smallest absolute Gasteiger partial charge is 0.417 e. The number of alkyl halides is 3. The van der Waals surface area contributed by atoms with Crippen molar-refractivity contribution in [1.29, 1.82) is 0 Å². The van der Waals surface area contributed by atoms with Gasteiger partial charge in [0.1, 0.15) is 23.7 Å². The Bertz CT molecular complexity index is 1410. The van der Waals surface area contributed by atoms with Gasteiger partial charge in [0.2, 0.25) is 0 Å². The lowest BCUT2D eigenvalue weighted by atomic mass is 9.96. The number of hydrogen-bond acceptors (Lipinski definition) is 6. The van der Waals surface area contributed by atoms with Gasteiger partial charge in [0.25, 0.3) is 5.91 Å². The number of fused-ring (bicyclic) bond motifs is 1. The number of aromatic nitrogens is 1. The van der Waals surface area contributed by atoms with Crippen LogP contribution in [0.25, 0.3) is 11.0 Å². The summed E-state index contributed by atoms with van der Waals surface area (Å²) in [5.41, 5.74) is -1.13. The molecule has 0 atom stereocenters. The number of aryl methyl sites for hydroxylation is 2. The van der Waals surface area contributed by atoms with Crippen LogP contribution in [0.2, 0.25) is 0 Å². The average molecular weight is 546 g/mol. The molecule has 3 heterocycles. The van der Waals surface area contributed by atoms with Crippen LogP contribution < -0.4 is 15.3 Å². The summed E-state index contributed by atoms with van der Waals surface area (Å²) in [6.07, 6.45) is -0.0610. The highest BCUT2D eigenvalue weighted by Crippen LogP contribution is 2.40. The predicted molar refractivity (Wildman–Crippen MR) is 139 cm³/mol. The van der Waals surface area contributed by atoms with Crippen LogP contribution in [-0.2, 0) is 23.8 Å². The van der Waals surface area contributed by atoms with E-state index in [-0.39, 0.29) is 36.6 Å². The number of nitrogens with zero attached hydrogens (tertiary/aromatic N) is 3. The SMILES string of the molecule is CCCc1cc2c(C(F)(F)F)cc(=O)oc2c(CCC)c1OCCCCN1C(=O)CN(c2ccccn2)C1=O. The van der Waals surface area contributed by atoms with E-state index in [1.807, 2.05) is 13.8 Å². The van der Waals surface area contributed by atoms with Crippen LogP contribution in [0.15, 0.2) is 45.7 Å². The third-order valence-corrected chi connectivity index (χ3v) is 6.49. The number of carbonyl (C=O) groups excluding carboxylic acids is 2. The Morgan fingerprint density at radius 2 is 1.82 bits per heavy atom. The fourth-order valence-corrected chi connectivity index (χ4v) is 4.75. The van der Waals surface area contributed by atoms with E-state index in [1.54, 1.807) is 24.4 Å². The van der Waals surface area contributed by atoms with Crippen molar-refractivity contribution in [2.75, 3.05) is 24.6 Å². The zero-order chi connectivity index (χ0) is 28.2. The van der Waals surface area contributed by atoms with Crippen LogP contribution in [0.1, 0.15) is 56.2 Å². The first-order valence-electron chi connectivity index (χ1n) is 13.0. The number of amides is 3. The van der Waals surface area contributed by atoms with Crippen molar-refractivity contribution in [3.63, 3.8) is 0 Å². The summed E-state index contributed by atoms with van der Waals surface area (Å²) >= 11 is 0. The Kier molecular flexibility index (Phi) is 8.57. The number of ether oxygens (including phenoxy) is 1. The van der Waals surface area contributed by atoms with Crippen molar-refractivity contribution in [3.05, 3.63) is 63.6 Å². The molecule has 208 valence electrons. The molecule has 8 nitrogen and oxygen atoms in total. The van der Waals surface area contributed by atoms with E-state index in [9.17, 15) is 27.6 Å². The Hall–Kier alpha value is -3.89. The van der Waals surface area contributed by atoms with Gasteiger partial charge in [-0.15, -0.1) is 0 Å². The second-order valence-corrected chi connectivity index (χ2v) is 9.35. The van der Waals surface area contributed by atoms with E-state index in [0.29, 0.717) is 67.3 Å². The molecule has 0 radical (unpaired) electrons. The normalized spacial score (nSPS) is 14.1. The monoisotopic (exact) mass is 545 g/mol. The minimum atomic E-state index is -4.71. The molecule has 0 unspecified atom stereocenters. The van der Waals surface area contributed by atoms with E-state index in [2.05, 4.69) is 4.98 Å². The zero-order valence-corrected chi connectivity index (χ0v) is 21.8. The molecule has 3 aromatic rings. The van der Waals surface area contributed by atoms with E-state index < -0.39 is 23.4 Å². The summed E-state index contributed by atoms with van der Waals surface area (Å²) in [6.45, 7) is 4.14. The Labute approximate surface area is 223 Å². The molecule has 2 aromatic heterocycles. The van der Waals surface area contributed by atoms with Crippen molar-refractivity contribution in [2.24, 2.45) is 0 Å². The average Bonchev–Trinajstić information content (AvgIpc) is 3.18. The van der Waals surface area contributed by atoms with Gasteiger partial charge in [-0.3, -0.25) is 14.6 Å². The molecule has 0 N–H and O–H groups in total. The van der Waals surface area contributed by atoms with Crippen LogP contribution in [-0.4, -0.2) is 41.5 Å². The van der Waals surface area contributed by atoms with Gasteiger partial charge in [-0.05, 0) is 49.4 Å². The fourth-order valence-electron chi connectivity index (χ4n) is 4.75. The minimum Gasteiger partial charge on any atom is -0.493 e. The van der Waals surface area contributed by atoms with Gasteiger partial charge in [-0.1, -0.05) is 32.8 Å². The van der Waals surface area contributed by atoms with Crippen molar-refractivity contribution >= 4 is 28.7 Å². The number of anilines is 1. The van der Waals surface area contributed by atoms with E-state index >= 15 is 0 Å². The standard InChI is InChI=1S/C28H30F3N3O5/c1-3-9-18-15-20-21(28(29,30)31)16-24(36)39-26(20)19(10-4-2)25(18)38-14-8-7-13-33-23(35)17-34(27(33)37)22-11-5-6-12-32-22/h5-6,11-12,15-16H,3-4,7-10,13-14,17H2,1-2H3. The Balaban J connectivity index is 1.50. The Morgan fingerprint density at radius 3 is 2.49 bits per heavy atom. The number of carbonyl (C=O) groups is 2. The maximum atomic E-state index is 13.8. The number of hydrogen-bond donors (Lipinski definition) is 0. The second-order valence-electron chi connectivity index (χ2n) is 9.35. The highest BCUT2D eigenvalue weighted by Gasteiger charge is 2.37. The largest absolute Gasteiger partial charge is 0.493 e. The van der Waals surface area contributed by atoms with Gasteiger partial charge in [-0.2, -0.15) is 13.2 Å². The first-order chi connectivity index (χ1) is 18.7. The van der Waals surface area contributed by atoms with Gasteiger partial charge in [0, 0.05) is 29.8 Å². The van der Waals surface area contributed by atoms with Gasteiger partial charge in [-0.25, -0.2) is 14.6 Å². The highest BCUT2D eigenvalue weighted by molar-refractivity contribution is 6.11. The summed E-state index contributed by atoms with van der Waals surface area (Å²) in [4.78, 5) is 43.8. The van der Waals surface area contributed by atoms with Crippen molar-refractivity contribution in [3.8, 4) is 5.75 Å². The minimum absolute atomic E-state index is 0.0741. The fraction of sp³-hybridized carbons (Fsp3) is 0.429. The lowest BCUT2D eigenvalue weighted by Gasteiger charge is -2.20. The predicted octanol–water partition coefficient (Wildman–Crippen LogP) is 5.74. The molecule has 0 bridgehead atoms. The van der Waals surface area contributed by atoms with Crippen LogP contribution in [0.5, 0.6) is 5.75 Å². The maximum Gasteiger partial charge on any atom is 0.417 e. The number of halogens is 3. The van der Waals surface area contributed by atoms with Crippen molar-refractivity contribution < 1.29 is 31.9 Å². The van der Waals surface area contributed by atoms with Crippen LogP contribution >= 0.6 is 0 Å². The molecule has 4 rings (SSSR count). The van der Waals surface area contributed by atoms with Crippen molar-refractivity contribution in [1.82, 2.24) is 9.88 Å². The number of rotatable bonds is 11. The second kappa shape index (κ2) is 11.9. The first kappa shape index (κ1) is 28.1. The zero-order valence-electron chi connectivity index (χ0n) is 21.8. The lowest BCUT2D eigenvalue weighted by Crippen LogP contribution is -2.34. The van der Waals surface area contributed by atoms with Gasteiger partial charge < -0.3 is 9.15 Å².